The molecule has 0 aromatic carbocycles. The van der Waals surface area contributed by atoms with Crippen molar-refractivity contribution in [2.75, 3.05) is 26.2 Å². The lowest BCUT2D eigenvalue weighted by Crippen LogP contribution is -2.46. The molecule has 0 unspecified atom stereocenters. The van der Waals surface area contributed by atoms with Gasteiger partial charge >= 0.3 is 5.97 Å². The summed E-state index contributed by atoms with van der Waals surface area (Å²) in [6, 6.07) is 0.216. The number of carbonyl (C=O) groups excluding carboxylic acids is 2. The first-order valence-electron chi connectivity index (χ1n) is 11.0. The van der Waals surface area contributed by atoms with Gasteiger partial charge in [-0.1, -0.05) is 0 Å². The van der Waals surface area contributed by atoms with Gasteiger partial charge in [0, 0.05) is 37.4 Å². The lowest BCUT2D eigenvalue weighted by atomic mass is 9.83. The average molecular weight is 430 g/mol. The largest absolute Gasteiger partial charge is 0.481 e. The molecule has 0 spiro atoms. The molecule has 29 heavy (non-hydrogen) atoms. The number of carboxylic acids is 1. The second-order valence-electron chi connectivity index (χ2n) is 8.78. The second-order valence-corrected chi connectivity index (χ2v) is 8.78. The van der Waals surface area contributed by atoms with Crippen LogP contribution in [0.25, 0.3) is 0 Å². The summed E-state index contributed by atoms with van der Waals surface area (Å²) in [7, 11) is 0. The Labute approximate surface area is 179 Å². The van der Waals surface area contributed by atoms with Crippen molar-refractivity contribution in [3.63, 3.8) is 0 Å². The van der Waals surface area contributed by atoms with Gasteiger partial charge in [-0.15, -0.1) is 12.4 Å². The van der Waals surface area contributed by atoms with Crippen LogP contribution in [0.1, 0.15) is 64.2 Å². The van der Waals surface area contributed by atoms with Crippen LogP contribution < -0.4 is 10.6 Å². The minimum Gasteiger partial charge on any atom is -0.481 e. The lowest BCUT2D eigenvalue weighted by molar-refractivity contribution is -0.140. The van der Waals surface area contributed by atoms with E-state index in [0.29, 0.717) is 5.92 Å². The quantitative estimate of drug-likeness (QED) is 0.601. The van der Waals surface area contributed by atoms with Crippen molar-refractivity contribution in [3.8, 4) is 0 Å². The number of carboxylic acid groups (broad SMARTS) is 1. The first kappa shape index (κ1) is 23.9. The minimum absolute atomic E-state index is 0. The van der Waals surface area contributed by atoms with Crippen molar-refractivity contribution in [2.45, 2.75) is 70.3 Å². The van der Waals surface area contributed by atoms with Gasteiger partial charge in [0.05, 0.1) is 0 Å². The van der Waals surface area contributed by atoms with E-state index >= 15 is 0 Å². The molecule has 3 aliphatic rings. The molecule has 2 aliphatic heterocycles. The Balaban J connectivity index is 0.00000300. The second kappa shape index (κ2) is 11.7. The molecule has 2 heterocycles. The summed E-state index contributed by atoms with van der Waals surface area (Å²) < 4.78 is 0. The van der Waals surface area contributed by atoms with Crippen LogP contribution in [0, 0.1) is 17.8 Å². The predicted molar refractivity (Wildman–Crippen MR) is 113 cm³/mol. The molecule has 2 saturated heterocycles. The zero-order valence-corrected chi connectivity index (χ0v) is 18.1. The van der Waals surface area contributed by atoms with Crippen molar-refractivity contribution in [1.82, 2.24) is 15.5 Å². The maximum absolute atomic E-state index is 12.8. The highest BCUT2D eigenvalue weighted by molar-refractivity contribution is 5.85. The van der Waals surface area contributed by atoms with E-state index in [0.717, 1.165) is 84.0 Å². The van der Waals surface area contributed by atoms with Gasteiger partial charge in [-0.2, -0.15) is 0 Å². The Morgan fingerprint density at radius 2 is 1.52 bits per heavy atom. The van der Waals surface area contributed by atoms with E-state index in [1.54, 1.807) is 0 Å². The van der Waals surface area contributed by atoms with Crippen LogP contribution in [-0.4, -0.2) is 60.0 Å². The lowest BCUT2D eigenvalue weighted by Gasteiger charge is -2.36. The molecular formula is C21H36ClN3O4. The number of halogens is 1. The van der Waals surface area contributed by atoms with Gasteiger partial charge in [-0.05, 0) is 76.8 Å². The molecule has 3 N–H and O–H groups in total. The summed E-state index contributed by atoms with van der Waals surface area (Å²) in [5.41, 5.74) is 0. The van der Waals surface area contributed by atoms with E-state index in [1.807, 2.05) is 4.90 Å². The summed E-state index contributed by atoms with van der Waals surface area (Å²) in [6.07, 6.45) is 8.12. The van der Waals surface area contributed by atoms with Gasteiger partial charge in [0.1, 0.15) is 0 Å². The third-order valence-corrected chi connectivity index (χ3v) is 6.83. The van der Waals surface area contributed by atoms with Crippen molar-refractivity contribution in [2.24, 2.45) is 17.8 Å². The smallest absolute Gasteiger partial charge is 0.303 e. The molecular weight excluding hydrogens is 394 g/mol. The molecule has 8 heteroatoms. The highest BCUT2D eigenvalue weighted by atomic mass is 35.5. The summed E-state index contributed by atoms with van der Waals surface area (Å²) in [5.74, 6) is 0.383. The van der Waals surface area contributed by atoms with Crippen molar-refractivity contribution >= 4 is 30.2 Å². The van der Waals surface area contributed by atoms with Crippen LogP contribution >= 0.6 is 12.4 Å². The normalized spacial score (nSPS) is 26.4. The standard InChI is InChI=1S/C21H35N3O4.ClH/c25-19(26)6-1-15-9-13-24(14-10-15)21(28)17-2-4-18(5-3-17)23-20(27)16-7-11-22-12-8-16;/h15-18,22H,1-14H2,(H,23,27)(H,25,26);1H. The monoisotopic (exact) mass is 429 g/mol. The number of nitrogens with one attached hydrogen (secondary N) is 2. The van der Waals surface area contributed by atoms with Gasteiger partial charge < -0.3 is 20.6 Å². The molecule has 0 bridgehead atoms. The zero-order valence-electron chi connectivity index (χ0n) is 17.2. The van der Waals surface area contributed by atoms with Gasteiger partial charge in [0.2, 0.25) is 11.8 Å². The van der Waals surface area contributed by atoms with E-state index in [-0.39, 0.29) is 48.5 Å². The molecule has 166 valence electrons. The topological polar surface area (TPSA) is 98.7 Å². The zero-order chi connectivity index (χ0) is 19.9. The van der Waals surface area contributed by atoms with Gasteiger partial charge in [-0.3, -0.25) is 14.4 Å². The first-order valence-corrected chi connectivity index (χ1v) is 11.0. The Kier molecular flexibility index (Phi) is 9.69. The number of likely N-dealkylation sites (tertiary alicyclic amines) is 1. The van der Waals surface area contributed by atoms with Gasteiger partial charge in [0.15, 0.2) is 0 Å². The number of carbonyl (C=O) groups is 3. The number of amides is 2. The van der Waals surface area contributed by atoms with Crippen molar-refractivity contribution < 1.29 is 19.5 Å². The third kappa shape index (κ3) is 7.14. The molecule has 3 rings (SSSR count). The maximum atomic E-state index is 12.8. The number of hydrogen-bond donors (Lipinski definition) is 3. The van der Waals surface area contributed by atoms with E-state index in [9.17, 15) is 14.4 Å². The molecule has 7 nitrogen and oxygen atoms in total. The van der Waals surface area contributed by atoms with Crippen LogP contribution in [0.2, 0.25) is 0 Å². The number of nitrogens with zero attached hydrogens (tertiary/aromatic N) is 1. The van der Waals surface area contributed by atoms with Crippen LogP contribution in [-0.2, 0) is 14.4 Å². The Morgan fingerprint density at radius 3 is 2.10 bits per heavy atom. The summed E-state index contributed by atoms with van der Waals surface area (Å²) in [5, 5.41) is 15.3. The Bertz CT molecular complexity index is 552. The average Bonchev–Trinajstić information content (AvgIpc) is 2.73. The number of rotatable bonds is 6. The highest BCUT2D eigenvalue weighted by Gasteiger charge is 2.32. The molecule has 0 aromatic rings. The molecule has 0 aromatic heterocycles. The van der Waals surface area contributed by atoms with E-state index in [1.165, 1.54) is 0 Å². The minimum atomic E-state index is -0.734. The number of piperidine rings is 2. The van der Waals surface area contributed by atoms with Crippen LogP contribution in [0.3, 0.4) is 0 Å². The summed E-state index contributed by atoms with van der Waals surface area (Å²) in [4.78, 5) is 37.9. The SMILES string of the molecule is Cl.O=C(O)CCC1CCN(C(=O)C2CCC(NC(=O)C3CCNCC3)CC2)CC1. The summed E-state index contributed by atoms with van der Waals surface area (Å²) >= 11 is 0. The number of hydrogen-bond acceptors (Lipinski definition) is 4. The van der Waals surface area contributed by atoms with Gasteiger partial charge in [-0.25, -0.2) is 0 Å². The van der Waals surface area contributed by atoms with Crippen molar-refractivity contribution in [1.29, 1.82) is 0 Å². The van der Waals surface area contributed by atoms with E-state index in [4.69, 9.17) is 5.11 Å². The Hall–Kier alpha value is -1.34. The van der Waals surface area contributed by atoms with Crippen LogP contribution in [0.5, 0.6) is 0 Å². The van der Waals surface area contributed by atoms with Crippen LogP contribution in [0.15, 0.2) is 0 Å². The third-order valence-electron chi connectivity index (χ3n) is 6.83. The maximum Gasteiger partial charge on any atom is 0.303 e. The predicted octanol–water partition coefficient (Wildman–Crippen LogP) is 2.19. The molecule has 1 aliphatic carbocycles. The molecule has 0 radical (unpaired) electrons. The highest BCUT2D eigenvalue weighted by Crippen LogP contribution is 2.29. The van der Waals surface area contributed by atoms with Gasteiger partial charge in [0.25, 0.3) is 0 Å². The van der Waals surface area contributed by atoms with Crippen LogP contribution in [0.4, 0.5) is 0 Å². The first-order chi connectivity index (χ1) is 13.5. The molecule has 0 atom stereocenters. The van der Waals surface area contributed by atoms with Crippen molar-refractivity contribution in [3.05, 3.63) is 0 Å². The molecule has 2 amide bonds. The van der Waals surface area contributed by atoms with E-state index < -0.39 is 5.97 Å². The Morgan fingerprint density at radius 1 is 0.897 bits per heavy atom. The fourth-order valence-corrected chi connectivity index (χ4v) is 4.92. The number of aliphatic carboxylic acids is 1. The molecule has 3 fully saturated rings. The van der Waals surface area contributed by atoms with E-state index in [2.05, 4.69) is 10.6 Å². The molecule has 1 saturated carbocycles. The summed E-state index contributed by atoms with van der Waals surface area (Å²) in [6.45, 7) is 3.36. The fourth-order valence-electron chi connectivity index (χ4n) is 4.92. The fraction of sp³-hybridized carbons (Fsp3) is 0.857.